The van der Waals surface area contributed by atoms with Crippen LogP contribution in [0.15, 0.2) is 72.8 Å². The number of benzene rings is 3. The van der Waals surface area contributed by atoms with Crippen LogP contribution in [0.4, 0.5) is 0 Å². The molecule has 1 saturated carbocycles. The highest BCUT2D eigenvalue weighted by molar-refractivity contribution is 5.89. The Hall–Kier alpha value is -4.40. The molecule has 9 nitrogen and oxygen atoms in total. The zero-order chi connectivity index (χ0) is 27.9. The number of carbonyl (C=O) groups is 2. The summed E-state index contributed by atoms with van der Waals surface area (Å²) in [6.45, 7) is 0.129. The second-order valence-corrected chi connectivity index (χ2v) is 10.1. The van der Waals surface area contributed by atoms with Gasteiger partial charge in [0.2, 0.25) is 11.8 Å². The molecule has 0 aliphatic heterocycles. The number of fused-ring (bicyclic) bond motifs is 1. The summed E-state index contributed by atoms with van der Waals surface area (Å²) in [5.41, 5.74) is 2.97. The van der Waals surface area contributed by atoms with Crippen molar-refractivity contribution >= 4 is 22.8 Å². The fourth-order valence-corrected chi connectivity index (χ4v) is 5.36. The fraction of sp³-hybridized carbons (Fsp3) is 0.355. The molecule has 1 fully saturated rings. The summed E-state index contributed by atoms with van der Waals surface area (Å²) >= 11 is 0. The Morgan fingerprint density at radius 2 is 1.68 bits per heavy atom. The maximum absolute atomic E-state index is 14.2. The van der Waals surface area contributed by atoms with Crippen LogP contribution in [0, 0.1) is 0 Å². The van der Waals surface area contributed by atoms with Gasteiger partial charge in [-0.25, -0.2) is 4.68 Å². The van der Waals surface area contributed by atoms with E-state index in [0.717, 1.165) is 36.8 Å². The number of para-hydroxylation sites is 1. The van der Waals surface area contributed by atoms with E-state index in [-0.39, 0.29) is 30.9 Å². The molecule has 0 unspecified atom stereocenters. The quantitative estimate of drug-likeness (QED) is 0.313. The number of nitrogens with one attached hydrogen (secondary N) is 1. The highest BCUT2D eigenvalue weighted by Crippen LogP contribution is 2.29. The second kappa shape index (κ2) is 12.6. The first kappa shape index (κ1) is 27.2. The van der Waals surface area contributed by atoms with Crippen molar-refractivity contribution in [3.05, 3.63) is 83.9 Å². The summed E-state index contributed by atoms with van der Waals surface area (Å²) in [5, 5.41) is 11.7. The molecule has 1 heterocycles. The Labute approximate surface area is 234 Å². The number of ether oxygens (including phenoxy) is 2. The lowest BCUT2D eigenvalue weighted by Crippen LogP contribution is -2.47. The molecule has 1 aliphatic carbocycles. The molecule has 4 aromatic rings. The van der Waals surface area contributed by atoms with Crippen LogP contribution in [-0.4, -0.2) is 52.0 Å². The van der Waals surface area contributed by atoms with E-state index in [0.29, 0.717) is 22.6 Å². The molecule has 0 bridgehead atoms. The molecule has 1 atom stereocenters. The third-order valence-corrected chi connectivity index (χ3v) is 7.43. The molecule has 3 aromatic carbocycles. The van der Waals surface area contributed by atoms with Gasteiger partial charge in [0.15, 0.2) is 0 Å². The maximum atomic E-state index is 14.2. The normalized spacial score (nSPS) is 14.4. The standard InChI is InChI=1S/C31H35N5O4/c1-39-25-14-8-10-22(18-25)20-35(29(37)21-36-28-17-7-6-16-27(28)33-34-36)30(23-11-9-15-26(19-23)40-2)31(38)32-24-12-4-3-5-13-24/h6-11,14-19,24,30H,3-5,12-13,20-21H2,1-2H3,(H,32,38)/t30-/m0/s1. The smallest absolute Gasteiger partial charge is 0.247 e. The third kappa shape index (κ3) is 6.25. The van der Waals surface area contributed by atoms with Crippen molar-refractivity contribution in [2.24, 2.45) is 0 Å². The molecule has 0 spiro atoms. The van der Waals surface area contributed by atoms with Crippen molar-refractivity contribution in [3.8, 4) is 11.5 Å². The molecule has 0 saturated heterocycles. The van der Waals surface area contributed by atoms with Crippen LogP contribution in [-0.2, 0) is 22.7 Å². The predicted octanol–water partition coefficient (Wildman–Crippen LogP) is 4.67. The van der Waals surface area contributed by atoms with Crippen LogP contribution in [0.25, 0.3) is 11.0 Å². The average Bonchev–Trinajstić information content (AvgIpc) is 3.40. The first-order chi connectivity index (χ1) is 19.6. The second-order valence-electron chi connectivity index (χ2n) is 10.1. The molecule has 1 aromatic heterocycles. The van der Waals surface area contributed by atoms with Gasteiger partial charge >= 0.3 is 0 Å². The van der Waals surface area contributed by atoms with E-state index >= 15 is 0 Å². The van der Waals surface area contributed by atoms with Gasteiger partial charge in [-0.2, -0.15) is 0 Å². The number of nitrogens with zero attached hydrogens (tertiary/aromatic N) is 4. The van der Waals surface area contributed by atoms with E-state index < -0.39 is 6.04 Å². The van der Waals surface area contributed by atoms with Crippen molar-refractivity contribution in [2.75, 3.05) is 14.2 Å². The predicted molar refractivity (Wildman–Crippen MR) is 152 cm³/mol. The number of hydrogen-bond acceptors (Lipinski definition) is 6. The molecule has 5 rings (SSSR count). The fourth-order valence-electron chi connectivity index (χ4n) is 5.36. The summed E-state index contributed by atoms with van der Waals surface area (Å²) in [6.07, 6.45) is 5.22. The number of carbonyl (C=O) groups excluding carboxylic acids is 2. The van der Waals surface area contributed by atoms with E-state index in [1.54, 1.807) is 23.8 Å². The van der Waals surface area contributed by atoms with Crippen LogP contribution in [0.5, 0.6) is 11.5 Å². The largest absolute Gasteiger partial charge is 0.497 e. The van der Waals surface area contributed by atoms with Gasteiger partial charge in [-0.05, 0) is 60.4 Å². The topological polar surface area (TPSA) is 98.6 Å². The molecule has 9 heteroatoms. The summed E-state index contributed by atoms with van der Waals surface area (Å²) in [7, 11) is 3.19. The number of hydrogen-bond donors (Lipinski definition) is 1. The molecule has 2 amide bonds. The van der Waals surface area contributed by atoms with Gasteiger partial charge in [-0.1, -0.05) is 60.9 Å². The number of amides is 2. The van der Waals surface area contributed by atoms with Gasteiger partial charge in [0, 0.05) is 12.6 Å². The number of aromatic nitrogens is 3. The Morgan fingerprint density at radius 3 is 2.45 bits per heavy atom. The zero-order valence-corrected chi connectivity index (χ0v) is 23.0. The van der Waals surface area contributed by atoms with E-state index in [9.17, 15) is 9.59 Å². The van der Waals surface area contributed by atoms with Gasteiger partial charge in [0.1, 0.15) is 29.6 Å². The Bertz CT molecular complexity index is 1460. The minimum absolute atomic E-state index is 0.0678. The SMILES string of the molecule is COc1cccc(CN(C(=O)Cn2nnc3ccccc32)[C@H](C(=O)NC2CCCCC2)c2cccc(OC)c2)c1. The van der Waals surface area contributed by atoms with E-state index in [1.165, 1.54) is 6.42 Å². The minimum atomic E-state index is -0.884. The average molecular weight is 542 g/mol. The highest BCUT2D eigenvalue weighted by atomic mass is 16.5. The van der Waals surface area contributed by atoms with E-state index in [2.05, 4.69) is 15.6 Å². The van der Waals surface area contributed by atoms with Gasteiger partial charge in [0.25, 0.3) is 0 Å². The minimum Gasteiger partial charge on any atom is -0.497 e. The molecule has 40 heavy (non-hydrogen) atoms. The number of rotatable bonds is 10. The van der Waals surface area contributed by atoms with Crippen molar-refractivity contribution < 1.29 is 19.1 Å². The Kier molecular flexibility index (Phi) is 8.59. The monoisotopic (exact) mass is 541 g/mol. The number of methoxy groups -OCH3 is 2. The van der Waals surface area contributed by atoms with Crippen LogP contribution in [0.2, 0.25) is 0 Å². The van der Waals surface area contributed by atoms with Crippen molar-refractivity contribution in [1.82, 2.24) is 25.2 Å². The van der Waals surface area contributed by atoms with Crippen LogP contribution >= 0.6 is 0 Å². The van der Waals surface area contributed by atoms with Crippen LogP contribution in [0.3, 0.4) is 0 Å². The molecule has 0 radical (unpaired) electrons. The summed E-state index contributed by atoms with van der Waals surface area (Å²) in [6, 6.07) is 21.6. The van der Waals surface area contributed by atoms with Gasteiger partial charge in [-0.15, -0.1) is 5.10 Å². The maximum Gasteiger partial charge on any atom is 0.247 e. The zero-order valence-electron chi connectivity index (χ0n) is 23.0. The third-order valence-electron chi connectivity index (χ3n) is 7.43. The molecule has 1 aliphatic rings. The Balaban J connectivity index is 1.54. The first-order valence-corrected chi connectivity index (χ1v) is 13.7. The van der Waals surface area contributed by atoms with E-state index in [1.807, 2.05) is 72.8 Å². The lowest BCUT2D eigenvalue weighted by atomic mass is 9.94. The summed E-state index contributed by atoms with van der Waals surface area (Å²) < 4.78 is 12.5. The Morgan fingerprint density at radius 1 is 0.950 bits per heavy atom. The molecule has 1 N–H and O–H groups in total. The summed E-state index contributed by atoms with van der Waals surface area (Å²) in [5.74, 6) is 0.825. The molecule has 208 valence electrons. The first-order valence-electron chi connectivity index (χ1n) is 13.7. The lowest BCUT2D eigenvalue weighted by molar-refractivity contribution is -0.142. The van der Waals surface area contributed by atoms with Gasteiger partial charge < -0.3 is 19.7 Å². The lowest BCUT2D eigenvalue weighted by Gasteiger charge is -2.33. The van der Waals surface area contributed by atoms with Gasteiger partial charge in [0.05, 0.1) is 19.7 Å². The van der Waals surface area contributed by atoms with Crippen LogP contribution < -0.4 is 14.8 Å². The molecular weight excluding hydrogens is 506 g/mol. The summed E-state index contributed by atoms with van der Waals surface area (Å²) in [4.78, 5) is 29.9. The molecular formula is C31H35N5O4. The highest BCUT2D eigenvalue weighted by Gasteiger charge is 2.34. The van der Waals surface area contributed by atoms with Crippen molar-refractivity contribution in [1.29, 1.82) is 0 Å². The van der Waals surface area contributed by atoms with Crippen molar-refractivity contribution in [3.63, 3.8) is 0 Å². The van der Waals surface area contributed by atoms with Crippen LogP contribution in [0.1, 0.15) is 49.3 Å². The van der Waals surface area contributed by atoms with Gasteiger partial charge in [-0.3, -0.25) is 9.59 Å². The van der Waals surface area contributed by atoms with Crippen molar-refractivity contribution in [2.45, 2.75) is 57.3 Å². The van der Waals surface area contributed by atoms with E-state index in [4.69, 9.17) is 9.47 Å².